The summed E-state index contributed by atoms with van der Waals surface area (Å²) < 4.78 is 0. The van der Waals surface area contributed by atoms with Crippen LogP contribution in [-0.2, 0) is 4.79 Å². The molecule has 5 heteroatoms. The van der Waals surface area contributed by atoms with Crippen LogP contribution in [0.1, 0.15) is 40.0 Å². The van der Waals surface area contributed by atoms with Crippen molar-refractivity contribution in [1.82, 2.24) is 15.1 Å². The Kier molecular flexibility index (Phi) is 6.83. The Morgan fingerprint density at radius 3 is 2.62 bits per heavy atom. The van der Waals surface area contributed by atoms with Gasteiger partial charge in [-0.1, -0.05) is 33.6 Å². The molecule has 0 aliphatic carbocycles. The summed E-state index contributed by atoms with van der Waals surface area (Å²) in [5, 5.41) is 3.58. The van der Waals surface area contributed by atoms with Gasteiger partial charge >= 0.3 is 0 Å². The molecule has 0 radical (unpaired) electrons. The number of hydrogen-bond acceptors (Lipinski definition) is 4. The molecule has 0 aromatic heterocycles. The molecule has 2 aliphatic heterocycles. The highest BCUT2D eigenvalue weighted by Gasteiger charge is 2.40. The number of carbonyl (C=O) groups excluding carboxylic acids is 1. The predicted molar refractivity (Wildman–Crippen MR) is 90.6 cm³/mol. The molecule has 2 rings (SSSR count). The van der Waals surface area contributed by atoms with Crippen LogP contribution in [0.15, 0.2) is 0 Å². The van der Waals surface area contributed by atoms with Crippen LogP contribution in [0, 0.1) is 5.92 Å². The van der Waals surface area contributed by atoms with Gasteiger partial charge in [0.05, 0.1) is 12.2 Å². The molecule has 0 bridgehead atoms. The molecule has 1 N–H and O–H groups in total. The van der Waals surface area contributed by atoms with E-state index >= 15 is 0 Å². The van der Waals surface area contributed by atoms with Crippen molar-refractivity contribution in [3.63, 3.8) is 0 Å². The lowest BCUT2D eigenvalue weighted by Gasteiger charge is -2.30. The largest absolute Gasteiger partial charge is 0.325 e. The molecule has 0 aromatic rings. The maximum atomic E-state index is 12.7. The van der Waals surface area contributed by atoms with Crippen LogP contribution in [0.3, 0.4) is 0 Å². The third-order valence-electron chi connectivity index (χ3n) is 4.83. The highest BCUT2D eigenvalue weighted by Crippen LogP contribution is 2.22. The molecule has 21 heavy (non-hydrogen) atoms. The zero-order valence-electron chi connectivity index (χ0n) is 13.8. The topological polar surface area (TPSA) is 35.6 Å². The Labute approximate surface area is 134 Å². The maximum Gasteiger partial charge on any atom is 0.241 e. The first-order chi connectivity index (χ1) is 10.2. The van der Waals surface area contributed by atoms with Gasteiger partial charge in [-0.15, -0.1) is 0 Å². The van der Waals surface area contributed by atoms with Gasteiger partial charge in [-0.25, -0.2) is 0 Å². The number of carbonyl (C=O) groups is 1. The van der Waals surface area contributed by atoms with E-state index in [-0.39, 0.29) is 12.2 Å². The van der Waals surface area contributed by atoms with E-state index in [1.54, 1.807) is 0 Å². The minimum absolute atomic E-state index is 0.0310. The van der Waals surface area contributed by atoms with Crippen LogP contribution < -0.4 is 5.32 Å². The highest BCUT2D eigenvalue weighted by atomic mass is 32.2. The molecule has 2 aliphatic rings. The van der Waals surface area contributed by atoms with Crippen LogP contribution in [-0.4, -0.2) is 65.6 Å². The van der Waals surface area contributed by atoms with E-state index in [1.165, 1.54) is 24.6 Å². The summed E-state index contributed by atoms with van der Waals surface area (Å²) in [4.78, 5) is 17.3. The summed E-state index contributed by atoms with van der Waals surface area (Å²) >= 11 is 2.04. The number of nitrogens with zero attached hydrogens (tertiary/aromatic N) is 2. The maximum absolute atomic E-state index is 12.7. The van der Waals surface area contributed by atoms with Crippen LogP contribution in [0.4, 0.5) is 0 Å². The molecule has 1 amide bonds. The van der Waals surface area contributed by atoms with Crippen molar-refractivity contribution < 1.29 is 4.79 Å². The Balaban J connectivity index is 1.91. The van der Waals surface area contributed by atoms with Gasteiger partial charge in [0, 0.05) is 37.7 Å². The van der Waals surface area contributed by atoms with Crippen molar-refractivity contribution in [2.24, 2.45) is 5.92 Å². The summed E-state index contributed by atoms with van der Waals surface area (Å²) in [6, 6.07) is 0.0310. The van der Waals surface area contributed by atoms with Gasteiger partial charge in [0.15, 0.2) is 0 Å². The third kappa shape index (κ3) is 4.36. The third-order valence-corrected chi connectivity index (χ3v) is 5.78. The summed E-state index contributed by atoms with van der Waals surface area (Å²) in [6.07, 6.45) is 3.49. The first-order valence-corrected chi connectivity index (χ1v) is 9.69. The molecule has 0 spiro atoms. The van der Waals surface area contributed by atoms with Crippen molar-refractivity contribution in [2.75, 3.05) is 37.7 Å². The fraction of sp³-hybridized carbons (Fsp3) is 0.938. The molecule has 3 atom stereocenters. The lowest BCUT2D eigenvalue weighted by atomic mass is 9.99. The van der Waals surface area contributed by atoms with E-state index in [0.717, 1.165) is 32.4 Å². The van der Waals surface area contributed by atoms with Crippen LogP contribution in [0.25, 0.3) is 0 Å². The number of hydrogen-bond donors (Lipinski definition) is 1. The number of amides is 1. The lowest BCUT2D eigenvalue weighted by molar-refractivity contribution is -0.131. The highest BCUT2D eigenvalue weighted by molar-refractivity contribution is 7.99. The SMILES string of the molecule is CCCC1NC(C(C)CC)C(=O)N1CCN1CCSCC1. The van der Waals surface area contributed by atoms with Gasteiger partial charge in [0.1, 0.15) is 0 Å². The molecule has 0 saturated carbocycles. The number of thioether (sulfide) groups is 1. The minimum atomic E-state index is 0.0310. The zero-order chi connectivity index (χ0) is 15.2. The smallest absolute Gasteiger partial charge is 0.241 e. The fourth-order valence-electron chi connectivity index (χ4n) is 3.20. The minimum Gasteiger partial charge on any atom is -0.325 e. The van der Waals surface area contributed by atoms with Crippen LogP contribution >= 0.6 is 11.8 Å². The number of nitrogens with one attached hydrogen (secondary N) is 1. The molecular weight excluding hydrogens is 282 g/mol. The Morgan fingerprint density at radius 1 is 1.29 bits per heavy atom. The predicted octanol–water partition coefficient (Wildman–Crippen LogP) is 2.01. The van der Waals surface area contributed by atoms with Crippen LogP contribution in [0.2, 0.25) is 0 Å². The molecular formula is C16H31N3OS. The average Bonchev–Trinajstić information content (AvgIpc) is 2.82. The van der Waals surface area contributed by atoms with Crippen molar-refractivity contribution in [1.29, 1.82) is 0 Å². The lowest BCUT2D eigenvalue weighted by Crippen LogP contribution is -2.44. The first-order valence-electron chi connectivity index (χ1n) is 8.54. The van der Waals surface area contributed by atoms with Crippen molar-refractivity contribution >= 4 is 17.7 Å². The van der Waals surface area contributed by atoms with E-state index in [0.29, 0.717) is 11.8 Å². The molecule has 0 aromatic carbocycles. The molecule has 2 saturated heterocycles. The molecule has 4 nitrogen and oxygen atoms in total. The van der Waals surface area contributed by atoms with Crippen LogP contribution in [0.5, 0.6) is 0 Å². The molecule has 122 valence electrons. The van der Waals surface area contributed by atoms with Crippen molar-refractivity contribution in [3.8, 4) is 0 Å². The zero-order valence-corrected chi connectivity index (χ0v) is 14.6. The molecule has 2 heterocycles. The van der Waals surface area contributed by atoms with E-state index < -0.39 is 0 Å². The standard InChI is InChI=1S/C16H31N3OS/c1-4-6-14-17-15(13(3)5-2)16(20)19(14)8-7-18-9-11-21-12-10-18/h13-15,17H,4-12H2,1-3H3. The van der Waals surface area contributed by atoms with E-state index in [2.05, 4.69) is 35.9 Å². The number of rotatable bonds is 7. The normalized spacial score (nSPS) is 29.1. The van der Waals surface area contributed by atoms with Gasteiger partial charge in [0.2, 0.25) is 5.91 Å². The second-order valence-corrected chi connectivity index (χ2v) is 7.54. The van der Waals surface area contributed by atoms with Gasteiger partial charge in [-0.3, -0.25) is 15.0 Å². The molecule has 3 unspecified atom stereocenters. The summed E-state index contributed by atoms with van der Waals surface area (Å²) in [7, 11) is 0. The van der Waals surface area contributed by atoms with Crippen molar-refractivity contribution in [2.45, 2.75) is 52.2 Å². The van der Waals surface area contributed by atoms with E-state index in [1.807, 2.05) is 11.8 Å². The second-order valence-electron chi connectivity index (χ2n) is 6.32. The van der Waals surface area contributed by atoms with Crippen molar-refractivity contribution in [3.05, 3.63) is 0 Å². The monoisotopic (exact) mass is 313 g/mol. The average molecular weight is 314 g/mol. The Morgan fingerprint density at radius 2 is 2.00 bits per heavy atom. The summed E-state index contributed by atoms with van der Waals surface area (Å²) in [6.45, 7) is 10.8. The Bertz CT molecular complexity index is 333. The van der Waals surface area contributed by atoms with E-state index in [9.17, 15) is 4.79 Å². The van der Waals surface area contributed by atoms with Gasteiger partial charge < -0.3 is 4.90 Å². The quantitative estimate of drug-likeness (QED) is 0.780. The molecule has 2 fully saturated rings. The fourth-order valence-corrected chi connectivity index (χ4v) is 4.18. The second kappa shape index (κ2) is 8.39. The first kappa shape index (κ1) is 17.1. The summed E-state index contributed by atoms with van der Waals surface area (Å²) in [5.41, 5.74) is 0. The van der Waals surface area contributed by atoms with Gasteiger partial charge in [-0.2, -0.15) is 11.8 Å². The van der Waals surface area contributed by atoms with E-state index in [4.69, 9.17) is 0 Å². The van der Waals surface area contributed by atoms with Gasteiger partial charge in [-0.05, 0) is 12.3 Å². The Hall–Kier alpha value is -0.260. The van der Waals surface area contributed by atoms with Gasteiger partial charge in [0.25, 0.3) is 0 Å². The summed E-state index contributed by atoms with van der Waals surface area (Å²) in [5.74, 6) is 3.22.